The van der Waals surface area contributed by atoms with Crippen LogP contribution in [-0.2, 0) is 14.0 Å². The van der Waals surface area contributed by atoms with Crippen molar-refractivity contribution in [1.82, 2.24) is 0 Å². The minimum atomic E-state index is -2.72. The van der Waals surface area contributed by atoms with Crippen LogP contribution < -0.4 is 10.4 Å². The predicted molar refractivity (Wildman–Crippen MR) is 118 cm³/mol. The molecule has 2 aromatic rings. The Balaban J connectivity index is 2.11. The van der Waals surface area contributed by atoms with Gasteiger partial charge in [0.05, 0.1) is 6.10 Å². The monoisotopic (exact) mass is 412 g/mol. The summed E-state index contributed by atoms with van der Waals surface area (Å²) in [7, 11) is -2.72. The molecule has 2 atom stereocenters. The molecule has 2 aromatic carbocycles. The van der Waals surface area contributed by atoms with Gasteiger partial charge in [-0.25, -0.2) is 0 Å². The minimum Gasteiger partial charge on any atom is -0.460 e. The number of aliphatic hydroxyl groups is 1. The zero-order valence-corrected chi connectivity index (χ0v) is 18.6. The van der Waals surface area contributed by atoms with E-state index in [2.05, 4.69) is 69.3 Å². The number of cyclic esters (lactones) is 1. The van der Waals surface area contributed by atoms with Crippen molar-refractivity contribution < 1.29 is 19.1 Å². The highest BCUT2D eigenvalue weighted by Gasteiger charge is 2.52. The molecule has 4 nitrogen and oxygen atoms in total. The smallest absolute Gasteiger partial charge is 0.306 e. The van der Waals surface area contributed by atoms with Crippen LogP contribution in [0.2, 0.25) is 5.04 Å². The molecule has 0 saturated carbocycles. The highest BCUT2D eigenvalue weighted by Crippen LogP contribution is 2.39. The fraction of sp³-hybridized carbons (Fsp3) is 0.458. The summed E-state index contributed by atoms with van der Waals surface area (Å²) < 4.78 is 12.8. The van der Waals surface area contributed by atoms with Crippen LogP contribution in [0.25, 0.3) is 0 Å². The lowest BCUT2D eigenvalue weighted by Crippen LogP contribution is -2.68. The van der Waals surface area contributed by atoms with Crippen molar-refractivity contribution in [2.45, 2.75) is 63.7 Å². The summed E-state index contributed by atoms with van der Waals surface area (Å²) in [6.07, 6.45) is 1.91. The first-order valence-corrected chi connectivity index (χ1v) is 12.4. The van der Waals surface area contributed by atoms with E-state index < -0.39 is 8.32 Å². The average molecular weight is 413 g/mol. The average Bonchev–Trinajstić information content (AvgIpc) is 3.15. The Morgan fingerprint density at radius 2 is 1.62 bits per heavy atom. The molecule has 1 heterocycles. The molecule has 1 aliphatic heterocycles. The van der Waals surface area contributed by atoms with Crippen LogP contribution in [0.1, 0.15) is 46.5 Å². The van der Waals surface area contributed by atoms with Gasteiger partial charge in [-0.15, -0.1) is 0 Å². The summed E-state index contributed by atoms with van der Waals surface area (Å²) in [4.78, 5) is 11.8. The Hall–Kier alpha value is -1.95. The van der Waals surface area contributed by atoms with Crippen LogP contribution in [0.3, 0.4) is 0 Å². The van der Waals surface area contributed by atoms with Gasteiger partial charge in [0.1, 0.15) is 6.10 Å². The van der Waals surface area contributed by atoms with E-state index in [1.165, 1.54) is 10.4 Å². The minimum absolute atomic E-state index is 0.0985. The third-order valence-electron chi connectivity index (χ3n) is 5.72. The van der Waals surface area contributed by atoms with Gasteiger partial charge in [-0.3, -0.25) is 4.79 Å². The van der Waals surface area contributed by atoms with Crippen molar-refractivity contribution in [2.75, 3.05) is 6.61 Å². The normalized spacial score (nSPS) is 18.5. The number of carbonyl (C=O) groups is 1. The molecule has 156 valence electrons. The quantitative estimate of drug-likeness (QED) is 0.533. The summed E-state index contributed by atoms with van der Waals surface area (Å²) in [6.45, 7) is 6.82. The Morgan fingerprint density at radius 3 is 2.03 bits per heavy atom. The topological polar surface area (TPSA) is 55.8 Å². The zero-order chi connectivity index (χ0) is 20.9. The fourth-order valence-corrected chi connectivity index (χ4v) is 9.08. The first-order chi connectivity index (χ1) is 13.9. The molecule has 1 saturated heterocycles. The predicted octanol–water partition coefficient (Wildman–Crippen LogP) is 3.41. The molecule has 1 N–H and O–H groups in total. The van der Waals surface area contributed by atoms with Crippen molar-refractivity contribution in [3.8, 4) is 0 Å². The SMILES string of the molecule is CC(C)(C)[Si](O[C@@H](CCCO)[C@@H]1CCC(=O)O1)(c1ccccc1)c1ccccc1. The molecule has 29 heavy (non-hydrogen) atoms. The van der Waals surface area contributed by atoms with E-state index in [9.17, 15) is 9.90 Å². The molecule has 0 amide bonds. The molecule has 3 rings (SSSR count). The zero-order valence-electron chi connectivity index (χ0n) is 17.6. The Bertz CT molecular complexity index is 746. The summed E-state index contributed by atoms with van der Waals surface area (Å²) in [5.74, 6) is -0.157. The molecule has 1 fully saturated rings. The summed E-state index contributed by atoms with van der Waals surface area (Å²) >= 11 is 0. The second kappa shape index (κ2) is 9.24. The van der Waals surface area contributed by atoms with Crippen LogP contribution in [0, 0.1) is 0 Å². The van der Waals surface area contributed by atoms with Gasteiger partial charge in [0.2, 0.25) is 0 Å². The van der Waals surface area contributed by atoms with Crippen molar-refractivity contribution in [3.05, 3.63) is 60.7 Å². The molecule has 0 aromatic heterocycles. The molecule has 1 aliphatic rings. The first kappa shape index (κ1) is 21.7. The number of hydrogen-bond acceptors (Lipinski definition) is 4. The number of rotatable bonds is 8. The molecule has 0 aliphatic carbocycles. The molecule has 0 bridgehead atoms. The number of benzene rings is 2. The largest absolute Gasteiger partial charge is 0.460 e. The molecule has 0 radical (unpaired) electrons. The molecular weight excluding hydrogens is 380 g/mol. The van der Waals surface area contributed by atoms with E-state index in [1.54, 1.807) is 0 Å². The van der Waals surface area contributed by atoms with Crippen LogP contribution in [0.15, 0.2) is 60.7 Å². The lowest BCUT2D eigenvalue weighted by Gasteiger charge is -2.46. The third-order valence-corrected chi connectivity index (χ3v) is 10.8. The molecule has 0 spiro atoms. The highest BCUT2D eigenvalue weighted by atomic mass is 28.4. The van der Waals surface area contributed by atoms with E-state index in [0.29, 0.717) is 25.7 Å². The lowest BCUT2D eigenvalue weighted by atomic mass is 10.1. The maximum Gasteiger partial charge on any atom is 0.306 e. The standard InChI is InChI=1S/C24H32O4Si/c1-24(2,3)29(19-11-6-4-7-12-19,20-13-8-5-9-14-20)28-22(15-10-18-25)21-16-17-23(26)27-21/h4-9,11-14,21-22,25H,10,15-18H2,1-3H3/t21-,22-/m0/s1. The van der Waals surface area contributed by atoms with Crippen molar-refractivity contribution in [1.29, 1.82) is 0 Å². The van der Waals surface area contributed by atoms with Gasteiger partial charge in [-0.2, -0.15) is 0 Å². The Kier molecular flexibility index (Phi) is 6.93. The van der Waals surface area contributed by atoms with Crippen LogP contribution in [-0.4, -0.2) is 38.2 Å². The van der Waals surface area contributed by atoms with Crippen molar-refractivity contribution >= 4 is 24.7 Å². The van der Waals surface area contributed by atoms with Gasteiger partial charge in [0.25, 0.3) is 8.32 Å². The summed E-state index contributed by atoms with van der Waals surface area (Å²) in [5.41, 5.74) is 0. The maximum atomic E-state index is 11.8. The van der Waals surface area contributed by atoms with E-state index in [0.717, 1.165) is 0 Å². The van der Waals surface area contributed by atoms with Crippen LogP contribution >= 0.6 is 0 Å². The van der Waals surface area contributed by atoms with Gasteiger partial charge in [0, 0.05) is 13.0 Å². The molecule has 5 heteroatoms. The van der Waals surface area contributed by atoms with E-state index in [1.807, 2.05) is 12.1 Å². The number of ether oxygens (including phenoxy) is 1. The molecule has 0 unspecified atom stereocenters. The summed E-state index contributed by atoms with van der Waals surface area (Å²) in [6, 6.07) is 20.9. The van der Waals surface area contributed by atoms with E-state index in [4.69, 9.17) is 9.16 Å². The van der Waals surface area contributed by atoms with Gasteiger partial charge < -0.3 is 14.3 Å². The Labute approximate surface area is 175 Å². The fourth-order valence-electron chi connectivity index (χ4n) is 4.34. The second-order valence-electron chi connectivity index (χ2n) is 8.75. The Morgan fingerprint density at radius 1 is 1.07 bits per heavy atom. The number of hydrogen-bond donors (Lipinski definition) is 1. The van der Waals surface area contributed by atoms with Crippen molar-refractivity contribution in [2.24, 2.45) is 0 Å². The first-order valence-electron chi connectivity index (χ1n) is 10.5. The second-order valence-corrected chi connectivity index (χ2v) is 13.0. The third kappa shape index (κ3) is 4.63. The van der Waals surface area contributed by atoms with Crippen LogP contribution in [0.4, 0.5) is 0 Å². The number of esters is 1. The van der Waals surface area contributed by atoms with Gasteiger partial charge in [-0.1, -0.05) is 81.4 Å². The molecular formula is C24H32O4Si. The highest BCUT2D eigenvalue weighted by molar-refractivity contribution is 6.99. The number of aliphatic hydroxyl groups excluding tert-OH is 1. The summed E-state index contributed by atoms with van der Waals surface area (Å²) in [5, 5.41) is 11.7. The lowest BCUT2D eigenvalue weighted by molar-refractivity contribution is -0.145. The maximum absolute atomic E-state index is 11.8. The van der Waals surface area contributed by atoms with Crippen LogP contribution in [0.5, 0.6) is 0 Å². The van der Waals surface area contributed by atoms with Gasteiger partial charge >= 0.3 is 5.97 Å². The van der Waals surface area contributed by atoms with Gasteiger partial charge in [-0.05, 0) is 34.7 Å². The van der Waals surface area contributed by atoms with E-state index in [-0.39, 0.29) is 29.8 Å². The number of carbonyl (C=O) groups excluding carboxylic acids is 1. The van der Waals surface area contributed by atoms with Crippen molar-refractivity contribution in [3.63, 3.8) is 0 Å². The van der Waals surface area contributed by atoms with Gasteiger partial charge in [0.15, 0.2) is 0 Å². The van der Waals surface area contributed by atoms with E-state index >= 15 is 0 Å².